The number of aliphatic carboxylic acids is 1. The molecule has 3 N–H and O–H groups in total. The summed E-state index contributed by atoms with van der Waals surface area (Å²) in [7, 11) is 4.31. The van der Waals surface area contributed by atoms with Crippen LogP contribution < -0.4 is 25.0 Å². The molecule has 0 heterocycles. The summed E-state index contributed by atoms with van der Waals surface area (Å²) in [6, 6.07) is 11.8. The van der Waals surface area contributed by atoms with Crippen LogP contribution in [0.25, 0.3) is 0 Å². The summed E-state index contributed by atoms with van der Waals surface area (Å²) in [4.78, 5) is 35.6. The van der Waals surface area contributed by atoms with Crippen molar-refractivity contribution in [3.8, 4) is 17.2 Å². The highest BCUT2D eigenvalue weighted by molar-refractivity contribution is 6.02. The molecule has 2 amide bonds. The molecular weight excluding hydrogens is 418 g/mol. The molecule has 2 aromatic carbocycles. The number of amides is 2. The van der Waals surface area contributed by atoms with E-state index in [4.69, 9.17) is 19.3 Å². The molecule has 0 atom stereocenters. The predicted octanol–water partition coefficient (Wildman–Crippen LogP) is 1.83. The van der Waals surface area contributed by atoms with Gasteiger partial charge in [0, 0.05) is 12.0 Å². The van der Waals surface area contributed by atoms with Crippen LogP contribution in [0.15, 0.2) is 47.6 Å². The van der Waals surface area contributed by atoms with Gasteiger partial charge in [-0.1, -0.05) is 30.3 Å². The second kappa shape index (κ2) is 11.9. The van der Waals surface area contributed by atoms with E-state index in [-0.39, 0.29) is 24.9 Å². The Hall–Kier alpha value is -4.08. The minimum Gasteiger partial charge on any atom is -0.493 e. The lowest BCUT2D eigenvalue weighted by atomic mass is 10.1. The summed E-state index contributed by atoms with van der Waals surface area (Å²) >= 11 is 0. The van der Waals surface area contributed by atoms with E-state index in [1.54, 1.807) is 24.3 Å². The van der Waals surface area contributed by atoms with Crippen molar-refractivity contribution in [2.24, 2.45) is 5.10 Å². The van der Waals surface area contributed by atoms with Gasteiger partial charge in [0.2, 0.25) is 5.75 Å². The summed E-state index contributed by atoms with van der Waals surface area (Å²) in [5.41, 5.74) is 3.66. The number of carboxylic acid groups (broad SMARTS) is 1. The number of hydrazone groups is 1. The summed E-state index contributed by atoms with van der Waals surface area (Å²) in [5.74, 6) is -1.13. The number of ether oxygens (including phenoxy) is 3. The molecule has 0 aliphatic carbocycles. The topological polar surface area (TPSA) is 136 Å². The van der Waals surface area contributed by atoms with Gasteiger partial charge >= 0.3 is 5.97 Å². The minimum absolute atomic E-state index is 0.136. The summed E-state index contributed by atoms with van der Waals surface area (Å²) in [6.07, 6.45) is -0.00110. The van der Waals surface area contributed by atoms with E-state index in [0.717, 1.165) is 0 Å². The molecule has 0 aliphatic heterocycles. The largest absolute Gasteiger partial charge is 0.493 e. The van der Waals surface area contributed by atoms with Crippen LogP contribution in [0.5, 0.6) is 17.2 Å². The highest BCUT2D eigenvalue weighted by Gasteiger charge is 2.17. The van der Waals surface area contributed by atoms with Gasteiger partial charge in [0.05, 0.1) is 40.0 Å². The number of hydrogen-bond donors (Lipinski definition) is 3. The summed E-state index contributed by atoms with van der Waals surface area (Å²) in [6.45, 7) is -0.347. The zero-order valence-electron chi connectivity index (χ0n) is 18.0. The highest BCUT2D eigenvalue weighted by Crippen LogP contribution is 2.38. The van der Waals surface area contributed by atoms with Crippen molar-refractivity contribution in [2.75, 3.05) is 27.9 Å². The zero-order chi connectivity index (χ0) is 23.5. The van der Waals surface area contributed by atoms with Gasteiger partial charge in [0.1, 0.15) is 0 Å². The molecular formula is C22H25N3O7. The van der Waals surface area contributed by atoms with E-state index in [9.17, 15) is 14.4 Å². The number of nitrogens with zero attached hydrogens (tertiary/aromatic N) is 1. The Balaban J connectivity index is 2.04. The fourth-order valence-electron chi connectivity index (χ4n) is 2.76. The molecule has 0 bridgehead atoms. The third kappa shape index (κ3) is 6.73. The van der Waals surface area contributed by atoms with Crippen LogP contribution in [-0.2, 0) is 9.59 Å². The molecule has 0 spiro atoms. The third-order valence-corrected chi connectivity index (χ3v) is 4.33. The molecule has 0 saturated heterocycles. The van der Waals surface area contributed by atoms with Crippen LogP contribution in [0.1, 0.15) is 28.8 Å². The van der Waals surface area contributed by atoms with Gasteiger partial charge in [0.25, 0.3) is 11.8 Å². The van der Waals surface area contributed by atoms with Crippen molar-refractivity contribution in [1.82, 2.24) is 10.7 Å². The van der Waals surface area contributed by atoms with Crippen LogP contribution in [0.4, 0.5) is 0 Å². The van der Waals surface area contributed by atoms with E-state index in [2.05, 4.69) is 15.8 Å². The Labute approximate surface area is 185 Å². The zero-order valence-corrected chi connectivity index (χ0v) is 18.0. The first kappa shape index (κ1) is 24.2. The van der Waals surface area contributed by atoms with Crippen LogP contribution in [0.2, 0.25) is 0 Å². The fraction of sp³-hybridized carbons (Fsp3) is 0.273. The SMILES string of the molecule is COc1cc(C(=O)NCC(=O)NN=C(CCC(=O)O)c2ccccc2)cc(OC)c1OC. The predicted molar refractivity (Wildman–Crippen MR) is 116 cm³/mol. The van der Waals surface area contributed by atoms with Gasteiger partial charge in [0.15, 0.2) is 11.5 Å². The Kier molecular flexibility index (Phi) is 9.03. The Bertz CT molecular complexity index is 965. The van der Waals surface area contributed by atoms with Gasteiger partial charge < -0.3 is 24.6 Å². The highest BCUT2D eigenvalue weighted by atomic mass is 16.5. The maximum Gasteiger partial charge on any atom is 0.303 e. The number of methoxy groups -OCH3 is 3. The number of benzene rings is 2. The van der Waals surface area contributed by atoms with Gasteiger partial charge in [-0.05, 0) is 17.7 Å². The molecule has 0 unspecified atom stereocenters. The summed E-state index contributed by atoms with van der Waals surface area (Å²) < 4.78 is 15.7. The number of carboxylic acids is 1. The van der Waals surface area contributed by atoms with Crippen molar-refractivity contribution in [3.05, 3.63) is 53.6 Å². The monoisotopic (exact) mass is 443 g/mol. The van der Waals surface area contributed by atoms with E-state index < -0.39 is 17.8 Å². The average molecular weight is 443 g/mol. The summed E-state index contributed by atoms with van der Waals surface area (Å²) in [5, 5.41) is 15.5. The lowest BCUT2D eigenvalue weighted by molar-refractivity contribution is -0.136. The first-order valence-electron chi connectivity index (χ1n) is 9.60. The van der Waals surface area contributed by atoms with Gasteiger partial charge in [-0.3, -0.25) is 14.4 Å². The lowest BCUT2D eigenvalue weighted by Crippen LogP contribution is -2.35. The second-order valence-corrected chi connectivity index (χ2v) is 6.45. The van der Waals surface area contributed by atoms with Crippen molar-refractivity contribution < 1.29 is 33.7 Å². The molecule has 0 fully saturated rings. The van der Waals surface area contributed by atoms with Crippen molar-refractivity contribution >= 4 is 23.5 Å². The van der Waals surface area contributed by atoms with E-state index >= 15 is 0 Å². The molecule has 0 aromatic heterocycles. The molecule has 10 nitrogen and oxygen atoms in total. The normalized spacial score (nSPS) is 10.8. The minimum atomic E-state index is -0.974. The van der Waals surface area contributed by atoms with Crippen LogP contribution in [-0.4, -0.2) is 56.5 Å². The first-order chi connectivity index (χ1) is 15.4. The molecule has 0 saturated carbocycles. The van der Waals surface area contributed by atoms with Gasteiger partial charge in [-0.15, -0.1) is 0 Å². The first-order valence-corrected chi connectivity index (χ1v) is 9.60. The Morgan fingerprint density at radius 3 is 2.06 bits per heavy atom. The molecule has 10 heteroatoms. The number of hydrogen-bond acceptors (Lipinski definition) is 7. The van der Waals surface area contributed by atoms with Gasteiger partial charge in [-0.2, -0.15) is 5.10 Å². The Morgan fingerprint density at radius 2 is 1.53 bits per heavy atom. The maximum absolute atomic E-state index is 12.5. The number of rotatable bonds is 11. The average Bonchev–Trinajstić information content (AvgIpc) is 2.81. The quantitative estimate of drug-likeness (QED) is 0.356. The molecule has 0 aliphatic rings. The number of carbonyl (C=O) groups is 3. The van der Waals surface area contributed by atoms with E-state index in [1.165, 1.54) is 33.5 Å². The fourth-order valence-corrected chi connectivity index (χ4v) is 2.76. The number of nitrogens with one attached hydrogen (secondary N) is 2. The molecule has 0 radical (unpaired) electrons. The smallest absolute Gasteiger partial charge is 0.303 e. The van der Waals surface area contributed by atoms with Crippen molar-refractivity contribution in [3.63, 3.8) is 0 Å². The standard InChI is InChI=1S/C22H25N3O7/c1-30-17-11-15(12-18(31-2)21(17)32-3)22(29)23-13-19(26)25-24-16(9-10-20(27)28)14-7-5-4-6-8-14/h4-8,11-12H,9-10,13H2,1-3H3,(H,23,29)(H,25,26)(H,27,28). The van der Waals surface area contributed by atoms with Crippen LogP contribution in [0, 0.1) is 0 Å². The lowest BCUT2D eigenvalue weighted by Gasteiger charge is -2.14. The third-order valence-electron chi connectivity index (χ3n) is 4.33. The van der Waals surface area contributed by atoms with Crippen LogP contribution in [0.3, 0.4) is 0 Å². The molecule has 2 rings (SSSR count). The van der Waals surface area contributed by atoms with Crippen molar-refractivity contribution in [2.45, 2.75) is 12.8 Å². The second-order valence-electron chi connectivity index (χ2n) is 6.45. The molecule has 170 valence electrons. The maximum atomic E-state index is 12.5. The van der Waals surface area contributed by atoms with E-state index in [0.29, 0.717) is 28.5 Å². The van der Waals surface area contributed by atoms with E-state index in [1.807, 2.05) is 6.07 Å². The van der Waals surface area contributed by atoms with Crippen LogP contribution >= 0.6 is 0 Å². The van der Waals surface area contributed by atoms with Gasteiger partial charge in [-0.25, -0.2) is 5.43 Å². The number of carbonyl (C=O) groups excluding carboxylic acids is 2. The molecule has 32 heavy (non-hydrogen) atoms. The van der Waals surface area contributed by atoms with Crippen molar-refractivity contribution in [1.29, 1.82) is 0 Å². The Morgan fingerprint density at radius 1 is 0.906 bits per heavy atom. The molecule has 2 aromatic rings.